The Bertz CT molecular complexity index is 573. The summed E-state index contributed by atoms with van der Waals surface area (Å²) in [6.45, 7) is 5.14. The molecule has 0 amide bonds. The van der Waals surface area contributed by atoms with Gasteiger partial charge in [-0.2, -0.15) is 0 Å². The number of halogens is 2. The van der Waals surface area contributed by atoms with E-state index in [-0.39, 0.29) is 0 Å². The molecule has 2 aromatic rings. The van der Waals surface area contributed by atoms with Crippen molar-refractivity contribution in [2.75, 3.05) is 0 Å². The lowest BCUT2D eigenvalue weighted by atomic mass is 10.2. The zero-order valence-corrected chi connectivity index (χ0v) is 14.5. The normalized spacial score (nSPS) is 11.1. The summed E-state index contributed by atoms with van der Waals surface area (Å²) in [5.41, 5.74) is 1.27. The van der Waals surface area contributed by atoms with E-state index >= 15 is 0 Å². The third-order valence-corrected chi connectivity index (χ3v) is 4.41. The quantitative estimate of drug-likeness (QED) is 0.787. The molecule has 1 aromatic carbocycles. The fraction of sp³-hybridized carbons (Fsp3) is 0.267. The summed E-state index contributed by atoms with van der Waals surface area (Å²) >= 11 is 11.0. The summed E-state index contributed by atoms with van der Waals surface area (Å²) in [6, 6.07) is 10.6. The first-order valence-electron chi connectivity index (χ1n) is 6.36. The Balaban J connectivity index is 2.20. The van der Waals surface area contributed by atoms with Crippen LogP contribution in [0.4, 0.5) is 0 Å². The predicted molar refractivity (Wildman–Crippen MR) is 89.5 cm³/mol. The lowest BCUT2D eigenvalue weighted by Gasteiger charge is -2.12. The van der Waals surface area contributed by atoms with Gasteiger partial charge in [0.2, 0.25) is 0 Å². The van der Waals surface area contributed by atoms with Crippen LogP contribution in [-0.4, -0.2) is 11.0 Å². The standard InChI is InChI=1S/C15H16BrClN2S/c1-10(2)18-8-11-3-4-12(16)7-14(11)20-15-6-5-13(17)9-19-15/h3-7,9-10,18H,8H2,1-2H3. The SMILES string of the molecule is CC(C)NCc1ccc(Br)cc1Sc1ccc(Cl)cn1. The van der Waals surface area contributed by atoms with Gasteiger partial charge in [0.25, 0.3) is 0 Å². The van der Waals surface area contributed by atoms with Crippen LogP contribution in [0.1, 0.15) is 19.4 Å². The number of rotatable bonds is 5. The summed E-state index contributed by atoms with van der Waals surface area (Å²) in [6.07, 6.45) is 1.67. The third-order valence-electron chi connectivity index (χ3n) is 2.64. The monoisotopic (exact) mass is 370 g/mol. The van der Waals surface area contributed by atoms with Gasteiger partial charge in [-0.1, -0.05) is 59.2 Å². The van der Waals surface area contributed by atoms with E-state index in [1.807, 2.05) is 12.1 Å². The molecule has 1 aromatic heterocycles. The minimum Gasteiger partial charge on any atom is -0.310 e. The van der Waals surface area contributed by atoms with Crippen molar-refractivity contribution in [1.29, 1.82) is 0 Å². The zero-order valence-electron chi connectivity index (χ0n) is 11.4. The van der Waals surface area contributed by atoms with Crippen LogP contribution in [-0.2, 0) is 6.54 Å². The van der Waals surface area contributed by atoms with Crippen molar-refractivity contribution in [3.8, 4) is 0 Å². The zero-order chi connectivity index (χ0) is 14.5. The van der Waals surface area contributed by atoms with E-state index in [0.29, 0.717) is 11.1 Å². The number of hydrogen-bond acceptors (Lipinski definition) is 3. The minimum absolute atomic E-state index is 0.463. The van der Waals surface area contributed by atoms with Gasteiger partial charge in [0.05, 0.1) is 5.02 Å². The Morgan fingerprint density at radius 3 is 2.75 bits per heavy atom. The van der Waals surface area contributed by atoms with Crippen molar-refractivity contribution in [2.24, 2.45) is 0 Å². The van der Waals surface area contributed by atoms with E-state index in [4.69, 9.17) is 11.6 Å². The summed E-state index contributed by atoms with van der Waals surface area (Å²) in [5, 5.41) is 5.05. The van der Waals surface area contributed by atoms with Gasteiger partial charge in [0.1, 0.15) is 5.03 Å². The highest BCUT2D eigenvalue weighted by Crippen LogP contribution is 2.32. The van der Waals surface area contributed by atoms with E-state index in [1.165, 1.54) is 10.5 Å². The second-order valence-electron chi connectivity index (χ2n) is 4.70. The molecule has 20 heavy (non-hydrogen) atoms. The molecule has 5 heteroatoms. The molecule has 0 aliphatic carbocycles. The van der Waals surface area contributed by atoms with Crippen molar-refractivity contribution in [2.45, 2.75) is 36.4 Å². The van der Waals surface area contributed by atoms with Crippen molar-refractivity contribution in [3.63, 3.8) is 0 Å². The van der Waals surface area contributed by atoms with Crippen LogP contribution in [0.25, 0.3) is 0 Å². The first-order chi connectivity index (χ1) is 9.54. The molecule has 0 atom stereocenters. The highest BCUT2D eigenvalue weighted by atomic mass is 79.9. The van der Waals surface area contributed by atoms with Gasteiger partial charge in [-0.05, 0) is 29.8 Å². The molecule has 106 valence electrons. The molecule has 0 fully saturated rings. The van der Waals surface area contributed by atoms with E-state index in [0.717, 1.165) is 16.0 Å². The molecule has 2 nitrogen and oxygen atoms in total. The predicted octanol–water partition coefficient (Wildman–Crippen LogP) is 5.15. The highest BCUT2D eigenvalue weighted by Gasteiger charge is 2.07. The van der Waals surface area contributed by atoms with Crippen molar-refractivity contribution < 1.29 is 0 Å². The van der Waals surface area contributed by atoms with Crippen molar-refractivity contribution in [1.82, 2.24) is 10.3 Å². The molecule has 0 aliphatic heterocycles. The Hall–Kier alpha value is -0.550. The number of aromatic nitrogens is 1. The van der Waals surface area contributed by atoms with Crippen LogP contribution in [0.15, 0.2) is 50.9 Å². The Kier molecular flexibility index (Phi) is 5.90. The van der Waals surface area contributed by atoms with Gasteiger partial charge >= 0.3 is 0 Å². The van der Waals surface area contributed by atoms with Crippen molar-refractivity contribution >= 4 is 39.3 Å². The molecule has 0 unspecified atom stereocenters. The molecule has 2 rings (SSSR count). The highest BCUT2D eigenvalue weighted by molar-refractivity contribution is 9.10. The van der Waals surface area contributed by atoms with E-state index in [2.05, 4.69) is 58.3 Å². The molecule has 0 bridgehead atoms. The van der Waals surface area contributed by atoms with Gasteiger partial charge < -0.3 is 5.32 Å². The fourth-order valence-electron chi connectivity index (χ4n) is 1.62. The van der Waals surface area contributed by atoms with E-state index in [9.17, 15) is 0 Å². The summed E-state index contributed by atoms with van der Waals surface area (Å²) in [7, 11) is 0. The van der Waals surface area contributed by atoms with E-state index < -0.39 is 0 Å². The van der Waals surface area contributed by atoms with Crippen LogP contribution >= 0.6 is 39.3 Å². The first kappa shape index (κ1) is 15.8. The van der Waals surface area contributed by atoms with Crippen LogP contribution < -0.4 is 5.32 Å². The van der Waals surface area contributed by atoms with Gasteiger partial charge in [-0.15, -0.1) is 0 Å². The minimum atomic E-state index is 0.463. The topological polar surface area (TPSA) is 24.9 Å². The number of hydrogen-bond donors (Lipinski definition) is 1. The number of nitrogens with one attached hydrogen (secondary N) is 1. The number of nitrogens with zero attached hydrogens (tertiary/aromatic N) is 1. The van der Waals surface area contributed by atoms with Gasteiger partial charge in [-0.25, -0.2) is 4.98 Å². The second kappa shape index (κ2) is 7.46. The molecule has 0 aliphatic rings. The van der Waals surface area contributed by atoms with Crippen LogP contribution in [0.5, 0.6) is 0 Å². The molecule has 0 spiro atoms. The van der Waals surface area contributed by atoms with Gasteiger partial charge in [0.15, 0.2) is 0 Å². The summed E-state index contributed by atoms with van der Waals surface area (Å²) < 4.78 is 1.07. The van der Waals surface area contributed by atoms with Crippen LogP contribution in [0, 0.1) is 0 Å². The number of benzene rings is 1. The molecular weight excluding hydrogens is 356 g/mol. The lowest BCUT2D eigenvalue weighted by molar-refractivity contribution is 0.584. The maximum Gasteiger partial charge on any atom is 0.101 e. The smallest absolute Gasteiger partial charge is 0.101 e. The Morgan fingerprint density at radius 2 is 2.10 bits per heavy atom. The van der Waals surface area contributed by atoms with Gasteiger partial charge in [0, 0.05) is 28.2 Å². The second-order valence-corrected chi connectivity index (χ2v) is 7.12. The third kappa shape index (κ3) is 4.77. The molecule has 0 saturated heterocycles. The van der Waals surface area contributed by atoms with Crippen LogP contribution in [0.2, 0.25) is 5.02 Å². The average molecular weight is 372 g/mol. The molecule has 0 saturated carbocycles. The van der Waals surface area contributed by atoms with Gasteiger partial charge in [-0.3, -0.25) is 0 Å². The molecular formula is C15H16BrClN2S. The fourth-order valence-corrected chi connectivity index (χ4v) is 3.17. The van der Waals surface area contributed by atoms with Crippen molar-refractivity contribution in [3.05, 3.63) is 51.6 Å². The first-order valence-corrected chi connectivity index (χ1v) is 8.34. The number of pyridine rings is 1. The summed E-state index contributed by atoms with van der Waals surface area (Å²) in [4.78, 5) is 5.53. The molecule has 1 heterocycles. The Labute approximate surface area is 137 Å². The summed E-state index contributed by atoms with van der Waals surface area (Å²) in [5.74, 6) is 0. The maximum atomic E-state index is 5.87. The largest absolute Gasteiger partial charge is 0.310 e. The Morgan fingerprint density at radius 1 is 1.30 bits per heavy atom. The lowest BCUT2D eigenvalue weighted by Crippen LogP contribution is -2.22. The molecule has 0 radical (unpaired) electrons. The van der Waals surface area contributed by atoms with Crippen LogP contribution in [0.3, 0.4) is 0 Å². The average Bonchev–Trinajstić information content (AvgIpc) is 2.40. The maximum absolute atomic E-state index is 5.87. The molecule has 1 N–H and O–H groups in total. The van der Waals surface area contributed by atoms with E-state index in [1.54, 1.807) is 18.0 Å².